The van der Waals surface area contributed by atoms with Gasteiger partial charge in [-0.2, -0.15) is 0 Å². The van der Waals surface area contributed by atoms with Gasteiger partial charge in [-0.05, 0) is 182 Å². The van der Waals surface area contributed by atoms with Crippen molar-refractivity contribution in [3.8, 4) is 5.75 Å². The third kappa shape index (κ3) is 11.1. The molecule has 1 radical (unpaired) electrons. The first-order valence-electron chi connectivity index (χ1n) is 37.7. The quantitative estimate of drug-likeness (QED) is 0.0310. The first-order valence-corrected chi connectivity index (χ1v) is 37.7. The maximum Gasteiger partial charge on any atom is 0.569 e. The fraction of sp³-hybridized carbons (Fsp3) is 0.101. The number of nitrogens with two attached hydrogens (primary N) is 4. The molecule has 11 aliphatic heterocycles. The zero-order chi connectivity index (χ0) is 76.8. The summed E-state index contributed by atoms with van der Waals surface area (Å²) >= 11 is 0. The first-order chi connectivity index (χ1) is 55.1. The van der Waals surface area contributed by atoms with Crippen LogP contribution in [0.2, 0.25) is 0 Å². The number of benzene rings is 8. The summed E-state index contributed by atoms with van der Waals surface area (Å²) in [6, 6.07) is 70.3. The van der Waals surface area contributed by atoms with Gasteiger partial charge in [0.2, 0.25) is 23.2 Å². The van der Waals surface area contributed by atoms with Crippen LogP contribution in [0.3, 0.4) is 0 Å². The molecule has 547 valence electrons. The molecule has 24 heteroatoms. The van der Waals surface area contributed by atoms with Gasteiger partial charge in [-0.15, -0.1) is 4.58 Å². The van der Waals surface area contributed by atoms with Crippen LogP contribution in [-0.2, 0) is 5.91 Å². The minimum Gasteiger partial charge on any atom is -0.537 e. The van der Waals surface area contributed by atoms with E-state index >= 15 is 0 Å². The lowest BCUT2D eigenvalue weighted by atomic mass is 9.77. The van der Waals surface area contributed by atoms with Crippen LogP contribution < -0.4 is 49.3 Å². The molecule has 9 unspecified atom stereocenters. The van der Waals surface area contributed by atoms with Gasteiger partial charge in [0.15, 0.2) is 0 Å². The van der Waals surface area contributed by atoms with Crippen LogP contribution in [0, 0.1) is 0 Å². The van der Waals surface area contributed by atoms with E-state index in [2.05, 4.69) is 175 Å². The molecule has 13 heterocycles. The van der Waals surface area contributed by atoms with Gasteiger partial charge in [0, 0.05) is 86.7 Å². The minimum atomic E-state index is -1.61. The maximum absolute atomic E-state index is 10.1. The summed E-state index contributed by atoms with van der Waals surface area (Å²) in [5.41, 5.74) is 52.6. The SMILES string of the molecule is Nc1ccc(C2=C3C=CC(N3)C(c3ccc(N)cc3)c3ccc([nH]3)/C(c3ccc(N)cc3)=C3/C=CC(=N3)C(c3ccc(N)cc3)C3C=CC2=N3)cc1.O[B]Oc1ccc(C2c3ccc4n3C35N6C(=C(c7ccc(B(O)O)cc7)C7=[N+]3C(C=C7)C(c3ccc(B(O)O)cc3)C3=[N+]5C(=C4c4ccc(B(O)O)cc4)C=C3)C=CC26)cc1. The Hall–Kier alpha value is -13.0. The number of hydrogen-bond acceptors (Lipinski definition) is 16. The van der Waals surface area contributed by atoms with Crippen molar-refractivity contribution in [3.05, 3.63) is 381 Å². The van der Waals surface area contributed by atoms with Crippen molar-refractivity contribution in [2.75, 3.05) is 22.9 Å². The Kier molecular flexibility index (Phi) is 16.5. The molecule has 10 aromatic rings. The van der Waals surface area contributed by atoms with Crippen LogP contribution in [0.4, 0.5) is 22.7 Å². The molecule has 8 bridgehead atoms. The molecule has 17 N–H and O–H groups in total. The topological polar surface area (TPSA) is 322 Å². The van der Waals surface area contributed by atoms with Gasteiger partial charge in [0.25, 0.3) is 0 Å². The summed E-state index contributed by atoms with van der Waals surface area (Å²) < 4.78 is 12.8. The van der Waals surface area contributed by atoms with Crippen molar-refractivity contribution < 1.29 is 49.0 Å². The molecule has 2 aromatic heterocycles. The highest BCUT2D eigenvalue weighted by Gasteiger charge is 2.79. The van der Waals surface area contributed by atoms with E-state index in [0.717, 1.165) is 141 Å². The van der Waals surface area contributed by atoms with E-state index in [9.17, 15) is 35.2 Å². The average molecular weight is 1480 g/mol. The van der Waals surface area contributed by atoms with E-state index in [1.807, 2.05) is 109 Å². The van der Waals surface area contributed by atoms with Gasteiger partial charge in [0.1, 0.15) is 5.92 Å². The normalized spacial score (nSPS) is 23.7. The van der Waals surface area contributed by atoms with E-state index in [0.29, 0.717) is 46.9 Å². The number of aromatic amines is 1. The van der Waals surface area contributed by atoms with Gasteiger partial charge < -0.3 is 73.1 Å². The van der Waals surface area contributed by atoms with Gasteiger partial charge >= 0.3 is 35.0 Å². The van der Waals surface area contributed by atoms with Gasteiger partial charge in [-0.1, -0.05) is 156 Å². The van der Waals surface area contributed by atoms with E-state index in [4.69, 9.17) is 37.6 Å². The van der Waals surface area contributed by atoms with Crippen molar-refractivity contribution in [2.45, 2.75) is 53.7 Å². The smallest absolute Gasteiger partial charge is 0.537 e. The molecule has 0 fully saturated rings. The Balaban J connectivity index is 0.000000149. The molecule has 11 aliphatic rings. The van der Waals surface area contributed by atoms with Crippen molar-refractivity contribution in [1.82, 2.24) is 19.8 Å². The molecule has 0 amide bonds. The zero-order valence-corrected chi connectivity index (χ0v) is 60.7. The van der Waals surface area contributed by atoms with Crippen LogP contribution in [0.15, 0.2) is 324 Å². The predicted molar refractivity (Wildman–Crippen MR) is 446 cm³/mol. The summed E-state index contributed by atoms with van der Waals surface area (Å²) in [6.07, 6.45) is 26.4. The third-order valence-corrected chi connectivity index (χ3v) is 23.7. The summed E-state index contributed by atoms with van der Waals surface area (Å²) in [7, 11) is -4.14. The Labute approximate surface area is 652 Å². The third-order valence-electron chi connectivity index (χ3n) is 23.7. The zero-order valence-electron chi connectivity index (χ0n) is 60.7. The van der Waals surface area contributed by atoms with Gasteiger partial charge in [-0.25, -0.2) is 9.47 Å². The number of aromatic nitrogens is 2. The minimum absolute atomic E-state index is 0.0665. The lowest BCUT2D eigenvalue weighted by Crippen LogP contribution is -2.75. The molecule has 0 aliphatic carbocycles. The number of rotatable bonds is 13. The van der Waals surface area contributed by atoms with Crippen molar-refractivity contribution in [3.63, 3.8) is 0 Å². The van der Waals surface area contributed by atoms with E-state index in [1.165, 1.54) is 0 Å². The number of H-pyrrole nitrogens is 1. The number of nitrogens with zero attached hydrogens (tertiary/aromatic N) is 6. The first kappa shape index (κ1) is 69.2. The van der Waals surface area contributed by atoms with Crippen molar-refractivity contribution in [2.24, 2.45) is 9.98 Å². The average Bonchev–Trinajstić information content (AvgIpc) is 1.50. The fourth-order valence-corrected chi connectivity index (χ4v) is 18.8. The highest BCUT2D eigenvalue weighted by Crippen LogP contribution is 2.61. The van der Waals surface area contributed by atoms with Crippen LogP contribution >= 0.6 is 0 Å². The summed E-state index contributed by atoms with van der Waals surface area (Å²) in [5.74, 6) is -1.07. The number of hydrogen-bond donors (Lipinski definition) is 13. The molecule has 8 aromatic carbocycles. The molecule has 113 heavy (non-hydrogen) atoms. The van der Waals surface area contributed by atoms with Gasteiger partial charge in [0.05, 0.1) is 69.5 Å². The second-order valence-corrected chi connectivity index (χ2v) is 30.0. The second kappa shape index (κ2) is 26.9. The summed E-state index contributed by atoms with van der Waals surface area (Å²) in [6.45, 7) is 0. The number of allylic oxidation sites excluding steroid dienone is 10. The van der Waals surface area contributed by atoms with E-state index < -0.39 is 27.3 Å². The van der Waals surface area contributed by atoms with E-state index in [1.54, 1.807) is 36.4 Å². The molecule has 0 saturated heterocycles. The highest BCUT2D eigenvalue weighted by atomic mass is 16.5. The van der Waals surface area contributed by atoms with Crippen LogP contribution in [-0.4, -0.2) is 135 Å². The molecule has 20 nitrogen and oxygen atoms in total. The standard InChI is InChI=1S/C45H35B4N4O8.C44H38N8/c54-46-61-32-15-7-28(8-16-32)44-39-23-21-37-42(26-3-11-30(12-4-26)48(57)58)35-19-17-33-41(25-1-9-29(10-2-25)47(55)56)34-18-20-36-43(27-5-13-31(14-6-27)49(59)60)38-22-24-40(44)53(38)45(50(33)35,51(34)36)52(37)39;45-29-9-1-25(2-10-29)41-33-17-19-35(49-33)42(26-3-11-30(46)12-4-26)37-21-23-39(51-37)44(28-7-15-32(48)16-8-28)40-24-22-38(52-40)43(36-20-18-34(41)50-36)27-5-13-31(47)14-6-27/h1-24,33,39,41,44,54-60H;1-24,33,39,41,44,49-50H,45-48H2/q+2;/b;42-35?,43-38-. The fourth-order valence-electron chi connectivity index (χ4n) is 18.8. The molecule has 1 spiro atoms. The largest absolute Gasteiger partial charge is 0.569 e. The number of fused-ring (bicyclic) bond motifs is 6. The molecule has 21 rings (SSSR count). The van der Waals surface area contributed by atoms with Crippen molar-refractivity contribution in [1.29, 1.82) is 0 Å². The molecular formula is C89H73B4N12O8+2. The number of nitrogen functional groups attached to an aromatic ring is 4. The second-order valence-electron chi connectivity index (χ2n) is 30.0. The Bertz CT molecular complexity index is 6090. The maximum atomic E-state index is 10.1. The lowest BCUT2D eigenvalue weighted by molar-refractivity contribution is -0.891. The Morgan fingerprint density at radius 1 is 0.478 bits per heavy atom. The summed E-state index contributed by atoms with van der Waals surface area (Å²) in [4.78, 5) is 17.2. The van der Waals surface area contributed by atoms with Crippen LogP contribution in [0.25, 0.3) is 22.3 Å². The van der Waals surface area contributed by atoms with Crippen LogP contribution in [0.5, 0.6) is 5.75 Å². The van der Waals surface area contributed by atoms with E-state index in [-0.39, 0.29) is 47.8 Å². The lowest BCUT2D eigenvalue weighted by Gasteiger charge is -2.52. The molecule has 0 saturated carbocycles. The van der Waals surface area contributed by atoms with Crippen LogP contribution in [0.1, 0.15) is 91.0 Å². The number of anilines is 4. The number of aliphatic imine (C=N–C) groups is 2. The monoisotopic (exact) mass is 1480 g/mol. The van der Waals surface area contributed by atoms with Crippen molar-refractivity contribution >= 4 is 113 Å². The molecular weight excluding hydrogens is 1410 g/mol. The summed E-state index contributed by atoms with van der Waals surface area (Å²) in [5, 5.41) is 73.6. The highest BCUT2D eigenvalue weighted by molar-refractivity contribution is 6.59. The number of nitrogens with one attached hydrogen (secondary N) is 2. The Morgan fingerprint density at radius 3 is 1.65 bits per heavy atom. The van der Waals surface area contributed by atoms with Gasteiger partial charge in [-0.3, -0.25) is 9.98 Å². The predicted octanol–water partition coefficient (Wildman–Crippen LogP) is 7.16. The molecule has 9 atom stereocenters. The Morgan fingerprint density at radius 2 is 1.03 bits per heavy atom.